The van der Waals surface area contributed by atoms with Gasteiger partial charge in [-0.15, -0.1) is 0 Å². The molecule has 16 heavy (non-hydrogen) atoms. The summed E-state index contributed by atoms with van der Waals surface area (Å²) >= 11 is 1.61. The van der Waals surface area contributed by atoms with Crippen molar-refractivity contribution >= 4 is 11.8 Å². The minimum absolute atomic E-state index is 0.626. The van der Waals surface area contributed by atoms with Gasteiger partial charge in [0.1, 0.15) is 0 Å². The summed E-state index contributed by atoms with van der Waals surface area (Å²) in [4.78, 5) is 9.04. The zero-order valence-electron chi connectivity index (χ0n) is 10.2. The van der Waals surface area contributed by atoms with Crippen molar-refractivity contribution in [2.75, 3.05) is 12.8 Å². The lowest BCUT2D eigenvalue weighted by Crippen LogP contribution is -2.25. The maximum Gasteiger partial charge on any atom is 0.187 e. The Hall–Kier alpha value is -0.610. The Morgan fingerprint density at radius 3 is 2.50 bits per heavy atom. The van der Waals surface area contributed by atoms with Crippen molar-refractivity contribution in [2.24, 2.45) is 0 Å². The lowest BCUT2D eigenvalue weighted by molar-refractivity contribution is 0.594. The second-order valence-corrected chi connectivity index (χ2v) is 5.13. The van der Waals surface area contributed by atoms with E-state index >= 15 is 0 Å². The first kappa shape index (κ1) is 11.9. The number of thioether (sulfide) groups is 1. The fraction of sp³-hybridized carbons (Fsp3) is 0.667. The minimum Gasteiger partial charge on any atom is -0.314 e. The molecule has 0 aromatic carbocycles. The molecule has 0 spiro atoms. The quantitative estimate of drug-likeness (QED) is 0.645. The Morgan fingerprint density at radius 2 is 2.00 bits per heavy atom. The fourth-order valence-corrected chi connectivity index (χ4v) is 2.73. The maximum absolute atomic E-state index is 4.52. The van der Waals surface area contributed by atoms with Crippen LogP contribution in [0.4, 0.5) is 0 Å². The van der Waals surface area contributed by atoms with Gasteiger partial charge < -0.3 is 5.32 Å². The van der Waals surface area contributed by atoms with E-state index in [1.807, 2.05) is 6.26 Å². The molecule has 4 heteroatoms. The first-order valence-corrected chi connectivity index (χ1v) is 7.04. The summed E-state index contributed by atoms with van der Waals surface area (Å²) in [6, 6.07) is 0.626. The summed E-state index contributed by atoms with van der Waals surface area (Å²) in [6.07, 6.45) is 5.68. The van der Waals surface area contributed by atoms with Gasteiger partial charge >= 0.3 is 0 Å². The van der Waals surface area contributed by atoms with Gasteiger partial charge in [0.25, 0.3) is 0 Å². The summed E-state index contributed by atoms with van der Waals surface area (Å²) in [5.74, 6) is 0. The lowest BCUT2D eigenvalue weighted by Gasteiger charge is -2.14. The average molecular weight is 237 g/mol. The lowest BCUT2D eigenvalue weighted by atomic mass is 10.0. The Kier molecular flexibility index (Phi) is 3.82. The molecule has 1 atom stereocenters. The number of rotatable bonds is 3. The van der Waals surface area contributed by atoms with Crippen LogP contribution in [0.25, 0.3) is 0 Å². The van der Waals surface area contributed by atoms with Gasteiger partial charge in [-0.05, 0) is 51.5 Å². The van der Waals surface area contributed by atoms with Gasteiger partial charge in [0.15, 0.2) is 5.16 Å². The molecule has 1 aliphatic rings. The van der Waals surface area contributed by atoms with Crippen molar-refractivity contribution in [3.8, 4) is 0 Å². The van der Waals surface area contributed by atoms with Crippen LogP contribution >= 0.6 is 11.8 Å². The van der Waals surface area contributed by atoms with Gasteiger partial charge in [0, 0.05) is 17.4 Å². The summed E-state index contributed by atoms with van der Waals surface area (Å²) in [5.41, 5.74) is 3.62. The molecule has 3 nitrogen and oxygen atoms in total. The zero-order chi connectivity index (χ0) is 11.5. The SMILES string of the molecule is CSc1nc(C)c(CC2CCCN2)c(C)n1. The molecular weight excluding hydrogens is 218 g/mol. The molecule has 1 unspecified atom stereocenters. The van der Waals surface area contributed by atoms with Crippen molar-refractivity contribution in [2.45, 2.75) is 44.3 Å². The molecule has 1 saturated heterocycles. The molecule has 2 rings (SSSR count). The number of nitrogens with one attached hydrogen (secondary N) is 1. The Morgan fingerprint density at radius 1 is 1.31 bits per heavy atom. The molecule has 0 radical (unpaired) electrons. The molecular formula is C12H19N3S. The highest BCUT2D eigenvalue weighted by Gasteiger charge is 2.17. The summed E-state index contributed by atoms with van der Waals surface area (Å²) in [5, 5.41) is 4.41. The molecule has 2 heterocycles. The summed E-state index contributed by atoms with van der Waals surface area (Å²) < 4.78 is 0. The maximum atomic E-state index is 4.52. The van der Waals surface area contributed by atoms with Crippen molar-refractivity contribution in [1.29, 1.82) is 0 Å². The van der Waals surface area contributed by atoms with Crippen molar-refractivity contribution in [1.82, 2.24) is 15.3 Å². The van der Waals surface area contributed by atoms with Crippen LogP contribution < -0.4 is 5.32 Å². The molecule has 1 fully saturated rings. The summed E-state index contributed by atoms with van der Waals surface area (Å²) in [7, 11) is 0. The van der Waals surface area contributed by atoms with Gasteiger partial charge in [-0.1, -0.05) is 11.8 Å². The first-order valence-electron chi connectivity index (χ1n) is 5.82. The minimum atomic E-state index is 0.626. The molecule has 1 aliphatic heterocycles. The van der Waals surface area contributed by atoms with Crippen molar-refractivity contribution in [3.63, 3.8) is 0 Å². The van der Waals surface area contributed by atoms with Crippen LogP contribution in [0.3, 0.4) is 0 Å². The number of aromatic nitrogens is 2. The van der Waals surface area contributed by atoms with Crippen LogP contribution in [0, 0.1) is 13.8 Å². The van der Waals surface area contributed by atoms with Crippen LogP contribution in [0.5, 0.6) is 0 Å². The van der Waals surface area contributed by atoms with Crippen LogP contribution in [0.1, 0.15) is 29.8 Å². The van der Waals surface area contributed by atoms with Crippen LogP contribution in [-0.2, 0) is 6.42 Å². The molecule has 0 aliphatic carbocycles. The number of aryl methyl sites for hydroxylation is 2. The second-order valence-electron chi connectivity index (χ2n) is 4.36. The molecule has 1 N–H and O–H groups in total. The third kappa shape index (κ3) is 2.55. The molecule has 0 amide bonds. The van der Waals surface area contributed by atoms with Crippen molar-refractivity contribution in [3.05, 3.63) is 17.0 Å². The van der Waals surface area contributed by atoms with E-state index in [2.05, 4.69) is 29.1 Å². The van der Waals surface area contributed by atoms with E-state index in [-0.39, 0.29) is 0 Å². The molecule has 1 aromatic heterocycles. The van der Waals surface area contributed by atoms with Crippen LogP contribution in [0.2, 0.25) is 0 Å². The number of nitrogens with zero attached hydrogens (tertiary/aromatic N) is 2. The average Bonchev–Trinajstić information content (AvgIpc) is 2.75. The third-order valence-corrected chi connectivity index (χ3v) is 3.74. The largest absolute Gasteiger partial charge is 0.314 e. The van der Waals surface area contributed by atoms with E-state index < -0.39 is 0 Å². The monoisotopic (exact) mass is 237 g/mol. The van der Waals surface area contributed by atoms with E-state index in [9.17, 15) is 0 Å². The van der Waals surface area contributed by atoms with Gasteiger partial charge in [0.2, 0.25) is 0 Å². The standard InChI is InChI=1S/C12H19N3S/c1-8-11(7-10-5-4-6-13-10)9(2)15-12(14-8)16-3/h10,13H,4-7H2,1-3H3. The Labute approximate surface area is 101 Å². The highest BCUT2D eigenvalue weighted by Crippen LogP contribution is 2.19. The van der Waals surface area contributed by atoms with Gasteiger partial charge in [-0.2, -0.15) is 0 Å². The first-order chi connectivity index (χ1) is 7.70. The van der Waals surface area contributed by atoms with Gasteiger partial charge in [0.05, 0.1) is 0 Å². The number of hydrogen-bond donors (Lipinski definition) is 1. The van der Waals surface area contributed by atoms with Gasteiger partial charge in [-0.25, -0.2) is 9.97 Å². The fourth-order valence-electron chi connectivity index (χ4n) is 2.27. The second kappa shape index (κ2) is 5.15. The summed E-state index contributed by atoms with van der Waals surface area (Å²) in [6.45, 7) is 5.35. The smallest absolute Gasteiger partial charge is 0.187 e. The van der Waals surface area contributed by atoms with Crippen molar-refractivity contribution < 1.29 is 0 Å². The van der Waals surface area contributed by atoms with Crippen LogP contribution in [0.15, 0.2) is 5.16 Å². The Balaban J connectivity index is 2.19. The normalized spacial score (nSPS) is 20.3. The predicted octanol–water partition coefficient (Wildman–Crippen LogP) is 2.11. The van der Waals surface area contributed by atoms with Gasteiger partial charge in [-0.3, -0.25) is 0 Å². The van der Waals surface area contributed by atoms with E-state index in [0.717, 1.165) is 29.5 Å². The highest BCUT2D eigenvalue weighted by atomic mass is 32.2. The predicted molar refractivity (Wildman–Crippen MR) is 68.0 cm³/mol. The molecule has 0 saturated carbocycles. The van der Waals surface area contributed by atoms with E-state index in [4.69, 9.17) is 0 Å². The molecule has 1 aromatic rings. The zero-order valence-corrected chi connectivity index (χ0v) is 11.0. The topological polar surface area (TPSA) is 37.8 Å². The van der Waals surface area contributed by atoms with E-state index in [0.29, 0.717) is 6.04 Å². The Bertz CT molecular complexity index is 350. The third-order valence-electron chi connectivity index (χ3n) is 3.20. The van der Waals surface area contributed by atoms with E-state index in [1.165, 1.54) is 18.4 Å². The molecule has 0 bridgehead atoms. The highest BCUT2D eigenvalue weighted by molar-refractivity contribution is 7.98. The number of hydrogen-bond acceptors (Lipinski definition) is 4. The van der Waals surface area contributed by atoms with Crippen LogP contribution in [-0.4, -0.2) is 28.8 Å². The molecule has 88 valence electrons. The van der Waals surface area contributed by atoms with E-state index in [1.54, 1.807) is 11.8 Å².